The molecule has 5 rings (SSSR count). The second kappa shape index (κ2) is 13.1. The maximum atomic E-state index is 13.2. The molecular formula is C32H30N6O3S. The van der Waals surface area contributed by atoms with E-state index < -0.39 is 11.0 Å². The van der Waals surface area contributed by atoms with Crippen LogP contribution in [0.2, 0.25) is 0 Å². The molecule has 1 atom stereocenters. The van der Waals surface area contributed by atoms with Gasteiger partial charge in [0.05, 0.1) is 11.0 Å². The Kier molecular flexibility index (Phi) is 8.93. The van der Waals surface area contributed by atoms with E-state index in [1.807, 2.05) is 85.1 Å². The summed E-state index contributed by atoms with van der Waals surface area (Å²) in [5, 5.41) is 27.0. The van der Waals surface area contributed by atoms with E-state index >= 15 is 0 Å². The number of hydrogen-bond acceptors (Lipinski definition) is 6. The van der Waals surface area contributed by atoms with E-state index in [9.17, 15) is 14.9 Å². The van der Waals surface area contributed by atoms with Crippen LogP contribution in [0.4, 0.5) is 16.2 Å². The van der Waals surface area contributed by atoms with Crippen molar-refractivity contribution in [2.45, 2.75) is 37.2 Å². The molecule has 0 saturated heterocycles. The van der Waals surface area contributed by atoms with Crippen LogP contribution in [0.1, 0.15) is 34.1 Å². The SMILES string of the molecule is Cc1ccc(NC(=O)NC(Cc2ccccc2)c2nnc(SCc3cccc(C)c3)n2-c2ccc([N+](=O)[O-])cc2)cc1. The van der Waals surface area contributed by atoms with Crippen molar-refractivity contribution in [2.75, 3.05) is 5.32 Å². The van der Waals surface area contributed by atoms with E-state index in [0.717, 1.165) is 22.3 Å². The molecule has 10 heteroatoms. The molecule has 0 fully saturated rings. The summed E-state index contributed by atoms with van der Waals surface area (Å²) in [4.78, 5) is 24.1. The van der Waals surface area contributed by atoms with Gasteiger partial charge in [0.1, 0.15) is 0 Å². The van der Waals surface area contributed by atoms with Crippen LogP contribution in [-0.4, -0.2) is 25.7 Å². The van der Waals surface area contributed by atoms with Crippen molar-refractivity contribution >= 4 is 29.2 Å². The summed E-state index contributed by atoms with van der Waals surface area (Å²) in [6.07, 6.45) is 0.454. The van der Waals surface area contributed by atoms with Crippen molar-refractivity contribution in [3.8, 4) is 5.69 Å². The summed E-state index contributed by atoms with van der Waals surface area (Å²) < 4.78 is 1.87. The number of nitro groups is 1. The van der Waals surface area contributed by atoms with Crippen LogP contribution in [0, 0.1) is 24.0 Å². The number of nitrogens with one attached hydrogen (secondary N) is 2. The van der Waals surface area contributed by atoms with Gasteiger partial charge in [-0.05, 0) is 49.2 Å². The van der Waals surface area contributed by atoms with Gasteiger partial charge in [0.25, 0.3) is 5.69 Å². The number of non-ortho nitro benzene ring substituents is 1. The summed E-state index contributed by atoms with van der Waals surface area (Å²) in [5.74, 6) is 1.16. The summed E-state index contributed by atoms with van der Waals surface area (Å²) in [7, 11) is 0. The Labute approximate surface area is 248 Å². The molecule has 4 aromatic carbocycles. The van der Waals surface area contributed by atoms with Crippen LogP contribution < -0.4 is 10.6 Å². The number of anilines is 1. The first-order chi connectivity index (χ1) is 20.4. The van der Waals surface area contributed by atoms with Crippen molar-refractivity contribution < 1.29 is 9.72 Å². The number of aromatic nitrogens is 3. The monoisotopic (exact) mass is 578 g/mol. The number of amides is 2. The van der Waals surface area contributed by atoms with Crippen LogP contribution in [0.3, 0.4) is 0 Å². The quantitative estimate of drug-likeness (QED) is 0.103. The molecule has 0 aliphatic heterocycles. The average Bonchev–Trinajstić information content (AvgIpc) is 3.41. The molecule has 0 radical (unpaired) electrons. The van der Waals surface area contributed by atoms with Crippen LogP contribution in [-0.2, 0) is 12.2 Å². The number of aryl methyl sites for hydroxylation is 2. The summed E-state index contributed by atoms with van der Waals surface area (Å²) in [6, 6.07) is 30.9. The fourth-order valence-corrected chi connectivity index (χ4v) is 5.44. The second-order valence-corrected chi connectivity index (χ2v) is 10.9. The fraction of sp³-hybridized carbons (Fsp3) is 0.156. The lowest BCUT2D eigenvalue weighted by Gasteiger charge is -2.20. The zero-order valence-corrected chi connectivity index (χ0v) is 24.0. The van der Waals surface area contributed by atoms with Gasteiger partial charge in [0, 0.05) is 35.7 Å². The number of thioether (sulfide) groups is 1. The molecule has 9 nitrogen and oxygen atoms in total. The van der Waals surface area contributed by atoms with Crippen molar-refractivity contribution in [1.29, 1.82) is 0 Å². The van der Waals surface area contributed by atoms with Gasteiger partial charge in [-0.1, -0.05) is 89.6 Å². The molecule has 2 N–H and O–H groups in total. The molecule has 1 heterocycles. The standard InChI is InChI=1S/C32H30N6O3S/c1-22-11-13-26(14-12-22)33-31(39)34-29(20-24-8-4-3-5-9-24)30-35-36-32(42-21-25-10-6-7-23(2)19-25)37(30)27-15-17-28(18-16-27)38(40)41/h3-19,29H,20-21H2,1-2H3,(H2,33,34,39). The molecule has 1 unspecified atom stereocenters. The van der Waals surface area contributed by atoms with E-state index in [1.54, 1.807) is 12.1 Å². The Morgan fingerprint density at radius 3 is 2.29 bits per heavy atom. The topological polar surface area (TPSA) is 115 Å². The highest BCUT2D eigenvalue weighted by molar-refractivity contribution is 7.98. The highest BCUT2D eigenvalue weighted by Gasteiger charge is 2.25. The average molecular weight is 579 g/mol. The number of hydrogen-bond donors (Lipinski definition) is 2. The third-order valence-electron chi connectivity index (χ3n) is 6.64. The van der Waals surface area contributed by atoms with Gasteiger partial charge >= 0.3 is 6.03 Å². The third-order valence-corrected chi connectivity index (χ3v) is 7.64. The number of carbonyl (C=O) groups excluding carboxylic acids is 1. The summed E-state index contributed by atoms with van der Waals surface area (Å²) in [6.45, 7) is 4.03. The maximum Gasteiger partial charge on any atom is 0.319 e. The molecule has 1 aromatic heterocycles. The fourth-order valence-electron chi connectivity index (χ4n) is 4.54. The van der Waals surface area contributed by atoms with E-state index in [4.69, 9.17) is 0 Å². The zero-order valence-electron chi connectivity index (χ0n) is 23.2. The molecule has 0 aliphatic carbocycles. The van der Waals surface area contributed by atoms with Gasteiger partial charge < -0.3 is 10.6 Å². The number of carbonyl (C=O) groups is 1. The molecule has 2 amide bonds. The lowest BCUT2D eigenvalue weighted by molar-refractivity contribution is -0.384. The Bertz CT molecular complexity index is 1670. The predicted octanol–water partition coefficient (Wildman–Crippen LogP) is 7.19. The van der Waals surface area contributed by atoms with Gasteiger partial charge in [-0.3, -0.25) is 14.7 Å². The van der Waals surface area contributed by atoms with E-state index in [2.05, 4.69) is 33.0 Å². The molecule has 0 bridgehead atoms. The van der Waals surface area contributed by atoms with Crippen molar-refractivity contribution in [2.24, 2.45) is 0 Å². The zero-order chi connectivity index (χ0) is 29.5. The minimum absolute atomic E-state index is 0.0150. The third kappa shape index (κ3) is 7.21. The summed E-state index contributed by atoms with van der Waals surface area (Å²) in [5.41, 5.74) is 5.71. The number of nitro benzene ring substituents is 1. The first-order valence-corrected chi connectivity index (χ1v) is 14.4. The lowest BCUT2D eigenvalue weighted by atomic mass is 10.1. The Balaban J connectivity index is 1.51. The molecule has 212 valence electrons. The van der Waals surface area contributed by atoms with Gasteiger partial charge in [-0.25, -0.2) is 4.79 Å². The first-order valence-electron chi connectivity index (χ1n) is 13.4. The number of nitrogens with zero attached hydrogens (tertiary/aromatic N) is 4. The van der Waals surface area contributed by atoms with Crippen molar-refractivity contribution in [3.05, 3.63) is 141 Å². The lowest BCUT2D eigenvalue weighted by Crippen LogP contribution is -2.35. The first kappa shape index (κ1) is 28.6. The number of rotatable bonds is 10. The molecule has 42 heavy (non-hydrogen) atoms. The minimum atomic E-state index is -0.561. The highest BCUT2D eigenvalue weighted by atomic mass is 32.2. The second-order valence-electron chi connectivity index (χ2n) is 9.93. The highest BCUT2D eigenvalue weighted by Crippen LogP contribution is 2.30. The maximum absolute atomic E-state index is 13.2. The largest absolute Gasteiger partial charge is 0.327 e. The smallest absolute Gasteiger partial charge is 0.319 e. The Morgan fingerprint density at radius 1 is 0.881 bits per heavy atom. The van der Waals surface area contributed by atoms with Gasteiger partial charge in [-0.2, -0.15) is 0 Å². The minimum Gasteiger partial charge on any atom is -0.327 e. The van der Waals surface area contributed by atoms with E-state index in [0.29, 0.717) is 34.5 Å². The van der Waals surface area contributed by atoms with Gasteiger partial charge in [0.2, 0.25) is 0 Å². The molecular weight excluding hydrogens is 548 g/mol. The van der Waals surface area contributed by atoms with Gasteiger partial charge in [0.15, 0.2) is 11.0 Å². The summed E-state index contributed by atoms with van der Waals surface area (Å²) >= 11 is 1.51. The van der Waals surface area contributed by atoms with Crippen molar-refractivity contribution in [1.82, 2.24) is 20.1 Å². The van der Waals surface area contributed by atoms with E-state index in [1.165, 1.54) is 23.9 Å². The van der Waals surface area contributed by atoms with Gasteiger partial charge in [-0.15, -0.1) is 10.2 Å². The number of urea groups is 1. The van der Waals surface area contributed by atoms with Crippen LogP contribution in [0.15, 0.2) is 108 Å². The van der Waals surface area contributed by atoms with Crippen LogP contribution >= 0.6 is 11.8 Å². The molecule has 5 aromatic rings. The Hall–Kier alpha value is -4.96. The molecule has 0 aliphatic rings. The Morgan fingerprint density at radius 2 is 1.60 bits per heavy atom. The normalized spacial score (nSPS) is 11.6. The van der Waals surface area contributed by atoms with E-state index in [-0.39, 0.29) is 11.7 Å². The predicted molar refractivity (Wildman–Crippen MR) is 165 cm³/mol. The van der Waals surface area contributed by atoms with Crippen LogP contribution in [0.25, 0.3) is 5.69 Å². The molecule has 0 saturated carbocycles. The number of benzene rings is 4. The molecule has 0 spiro atoms. The van der Waals surface area contributed by atoms with Crippen LogP contribution in [0.5, 0.6) is 0 Å². The van der Waals surface area contributed by atoms with Crippen molar-refractivity contribution in [3.63, 3.8) is 0 Å².